The Morgan fingerprint density at radius 1 is 1.40 bits per heavy atom. The highest BCUT2D eigenvalue weighted by Crippen LogP contribution is 2.31. The van der Waals surface area contributed by atoms with E-state index < -0.39 is 4.92 Å². The van der Waals surface area contributed by atoms with Crippen LogP contribution in [0.3, 0.4) is 0 Å². The summed E-state index contributed by atoms with van der Waals surface area (Å²) in [6, 6.07) is 4.87. The SMILES string of the molecule is CCc1ccc(Oc2cncc(NC)n2)c([N+](=O)[O-])c1. The summed E-state index contributed by atoms with van der Waals surface area (Å²) >= 11 is 0. The van der Waals surface area contributed by atoms with Crippen LogP contribution in [0.15, 0.2) is 30.6 Å². The van der Waals surface area contributed by atoms with Crippen LogP contribution in [0.25, 0.3) is 0 Å². The molecule has 0 spiro atoms. The van der Waals surface area contributed by atoms with Crippen LogP contribution in [-0.4, -0.2) is 21.9 Å². The van der Waals surface area contributed by atoms with Gasteiger partial charge in [0.25, 0.3) is 0 Å². The van der Waals surface area contributed by atoms with Crippen LogP contribution >= 0.6 is 0 Å². The topological polar surface area (TPSA) is 90.2 Å². The molecule has 0 unspecified atom stereocenters. The fourth-order valence-corrected chi connectivity index (χ4v) is 1.64. The molecular formula is C13H14N4O3. The fraction of sp³-hybridized carbons (Fsp3) is 0.231. The second kappa shape index (κ2) is 5.96. The number of hydrogen-bond acceptors (Lipinski definition) is 6. The number of hydrogen-bond donors (Lipinski definition) is 1. The first-order valence-electron chi connectivity index (χ1n) is 6.09. The molecule has 0 aliphatic rings. The predicted molar refractivity (Wildman–Crippen MR) is 74.1 cm³/mol. The molecule has 2 rings (SSSR count). The van der Waals surface area contributed by atoms with Gasteiger partial charge in [-0.1, -0.05) is 13.0 Å². The lowest BCUT2D eigenvalue weighted by atomic mass is 10.1. The molecule has 1 N–H and O–H groups in total. The van der Waals surface area contributed by atoms with Gasteiger partial charge < -0.3 is 10.1 Å². The van der Waals surface area contributed by atoms with Crippen LogP contribution in [0.5, 0.6) is 11.6 Å². The minimum atomic E-state index is -0.468. The summed E-state index contributed by atoms with van der Waals surface area (Å²) in [5, 5.41) is 13.9. The van der Waals surface area contributed by atoms with Gasteiger partial charge in [0.05, 0.1) is 17.3 Å². The number of benzene rings is 1. The normalized spacial score (nSPS) is 10.1. The standard InChI is InChI=1S/C13H14N4O3/c1-3-9-4-5-11(10(6-9)17(18)19)20-13-8-15-7-12(14-2)16-13/h4-8H,3H2,1-2H3,(H,14,16). The molecule has 2 aromatic rings. The molecule has 7 heteroatoms. The Morgan fingerprint density at radius 3 is 2.85 bits per heavy atom. The van der Waals surface area contributed by atoms with E-state index in [1.54, 1.807) is 19.2 Å². The molecule has 7 nitrogen and oxygen atoms in total. The molecule has 0 amide bonds. The lowest BCUT2D eigenvalue weighted by Crippen LogP contribution is -1.98. The van der Waals surface area contributed by atoms with Gasteiger partial charge >= 0.3 is 5.69 Å². The highest BCUT2D eigenvalue weighted by molar-refractivity contribution is 5.50. The molecule has 1 aromatic heterocycles. The minimum Gasteiger partial charge on any atom is -0.430 e. The van der Waals surface area contributed by atoms with E-state index in [0.717, 1.165) is 12.0 Å². The van der Waals surface area contributed by atoms with E-state index in [9.17, 15) is 10.1 Å². The van der Waals surface area contributed by atoms with Gasteiger partial charge in [-0.2, -0.15) is 4.98 Å². The van der Waals surface area contributed by atoms with Crippen LogP contribution in [0.1, 0.15) is 12.5 Å². The summed E-state index contributed by atoms with van der Waals surface area (Å²) in [4.78, 5) is 18.7. The van der Waals surface area contributed by atoms with E-state index in [4.69, 9.17) is 4.74 Å². The number of rotatable bonds is 5. The van der Waals surface area contributed by atoms with Gasteiger partial charge in [-0.25, -0.2) is 0 Å². The number of nitro groups is 1. The molecule has 0 aliphatic carbocycles. The largest absolute Gasteiger partial charge is 0.430 e. The Balaban J connectivity index is 2.34. The molecule has 1 aromatic carbocycles. The zero-order valence-corrected chi connectivity index (χ0v) is 11.2. The third kappa shape index (κ3) is 3.00. The number of ether oxygens (including phenoxy) is 1. The van der Waals surface area contributed by atoms with Crippen molar-refractivity contribution in [1.29, 1.82) is 0 Å². The van der Waals surface area contributed by atoms with Crippen molar-refractivity contribution in [3.05, 3.63) is 46.3 Å². The van der Waals surface area contributed by atoms with Crippen molar-refractivity contribution in [2.45, 2.75) is 13.3 Å². The Labute approximate surface area is 115 Å². The molecule has 0 saturated carbocycles. The lowest BCUT2D eigenvalue weighted by molar-refractivity contribution is -0.385. The van der Waals surface area contributed by atoms with Crippen molar-refractivity contribution in [2.75, 3.05) is 12.4 Å². The number of aromatic nitrogens is 2. The summed E-state index contributed by atoms with van der Waals surface area (Å²) in [7, 11) is 1.70. The molecule has 0 atom stereocenters. The Kier molecular flexibility index (Phi) is 4.09. The quantitative estimate of drug-likeness (QED) is 0.666. The van der Waals surface area contributed by atoms with Gasteiger partial charge in [-0.3, -0.25) is 15.1 Å². The van der Waals surface area contributed by atoms with Crippen LogP contribution < -0.4 is 10.1 Å². The van der Waals surface area contributed by atoms with E-state index in [0.29, 0.717) is 5.82 Å². The summed E-state index contributed by atoms with van der Waals surface area (Å²) in [5.41, 5.74) is 0.792. The monoisotopic (exact) mass is 274 g/mol. The lowest BCUT2D eigenvalue weighted by Gasteiger charge is -2.07. The van der Waals surface area contributed by atoms with E-state index in [-0.39, 0.29) is 17.3 Å². The van der Waals surface area contributed by atoms with E-state index in [2.05, 4.69) is 15.3 Å². The first-order chi connectivity index (χ1) is 9.63. The summed E-state index contributed by atoms with van der Waals surface area (Å²) in [5.74, 6) is 0.870. The van der Waals surface area contributed by atoms with Gasteiger partial charge in [0, 0.05) is 13.1 Å². The number of nitrogens with zero attached hydrogens (tertiary/aromatic N) is 3. The van der Waals surface area contributed by atoms with E-state index >= 15 is 0 Å². The highest BCUT2D eigenvalue weighted by atomic mass is 16.6. The summed E-state index contributed by atoms with van der Waals surface area (Å²) < 4.78 is 5.46. The molecule has 0 bridgehead atoms. The van der Waals surface area contributed by atoms with Crippen molar-refractivity contribution < 1.29 is 9.66 Å². The first-order valence-corrected chi connectivity index (χ1v) is 6.09. The molecule has 20 heavy (non-hydrogen) atoms. The van der Waals surface area contributed by atoms with Crippen molar-refractivity contribution >= 4 is 11.5 Å². The van der Waals surface area contributed by atoms with E-state index in [1.165, 1.54) is 18.5 Å². The van der Waals surface area contributed by atoms with Gasteiger partial charge in [0.2, 0.25) is 11.6 Å². The van der Waals surface area contributed by atoms with Crippen LogP contribution in [0.4, 0.5) is 11.5 Å². The second-order valence-corrected chi connectivity index (χ2v) is 4.01. The molecule has 0 fully saturated rings. The third-order valence-corrected chi connectivity index (χ3v) is 2.71. The fourth-order valence-electron chi connectivity index (χ4n) is 1.64. The van der Waals surface area contributed by atoms with Crippen molar-refractivity contribution in [1.82, 2.24) is 9.97 Å². The second-order valence-electron chi connectivity index (χ2n) is 4.01. The maximum Gasteiger partial charge on any atom is 0.311 e. The number of nitrogens with one attached hydrogen (secondary N) is 1. The van der Waals surface area contributed by atoms with Crippen LogP contribution in [0, 0.1) is 10.1 Å². The molecular weight excluding hydrogens is 260 g/mol. The first kappa shape index (κ1) is 13.7. The van der Waals surface area contributed by atoms with Gasteiger partial charge in [0.15, 0.2) is 0 Å². The Morgan fingerprint density at radius 2 is 2.20 bits per heavy atom. The smallest absolute Gasteiger partial charge is 0.311 e. The predicted octanol–water partition coefficient (Wildman–Crippen LogP) is 2.78. The van der Waals surface area contributed by atoms with Gasteiger partial charge in [-0.05, 0) is 18.1 Å². The van der Waals surface area contributed by atoms with Crippen LogP contribution in [-0.2, 0) is 6.42 Å². The molecule has 0 saturated heterocycles. The molecule has 0 aliphatic heterocycles. The van der Waals surface area contributed by atoms with E-state index in [1.807, 2.05) is 6.92 Å². The summed E-state index contributed by atoms with van der Waals surface area (Å²) in [6.07, 6.45) is 3.65. The number of nitro benzene ring substituents is 1. The maximum absolute atomic E-state index is 11.1. The van der Waals surface area contributed by atoms with Crippen molar-refractivity contribution in [3.63, 3.8) is 0 Å². The molecule has 1 heterocycles. The number of anilines is 1. The van der Waals surface area contributed by atoms with Gasteiger partial charge in [0.1, 0.15) is 5.82 Å². The molecule has 104 valence electrons. The highest BCUT2D eigenvalue weighted by Gasteiger charge is 2.17. The zero-order chi connectivity index (χ0) is 14.5. The third-order valence-electron chi connectivity index (χ3n) is 2.71. The van der Waals surface area contributed by atoms with Crippen molar-refractivity contribution in [2.24, 2.45) is 0 Å². The average Bonchev–Trinajstić information content (AvgIpc) is 2.47. The summed E-state index contributed by atoms with van der Waals surface area (Å²) in [6.45, 7) is 1.93. The van der Waals surface area contributed by atoms with Crippen LogP contribution in [0.2, 0.25) is 0 Å². The minimum absolute atomic E-state index is 0.0824. The molecule has 0 radical (unpaired) electrons. The Hall–Kier alpha value is -2.70. The average molecular weight is 274 g/mol. The number of aryl methyl sites for hydroxylation is 1. The maximum atomic E-state index is 11.1. The van der Waals surface area contributed by atoms with Gasteiger partial charge in [-0.15, -0.1) is 0 Å². The zero-order valence-electron chi connectivity index (χ0n) is 11.2. The van der Waals surface area contributed by atoms with Crippen molar-refractivity contribution in [3.8, 4) is 11.6 Å². The Bertz CT molecular complexity index is 631.